The highest BCUT2D eigenvalue weighted by Crippen LogP contribution is 2.29. The van der Waals surface area contributed by atoms with Gasteiger partial charge in [0.2, 0.25) is 0 Å². The molecule has 0 N–H and O–H groups in total. The Balaban J connectivity index is 3.30. The second-order valence-electron chi connectivity index (χ2n) is 2.55. The fraction of sp³-hybridized carbons (Fsp3) is 0.375. The van der Waals surface area contributed by atoms with E-state index in [0.717, 1.165) is 0 Å². The van der Waals surface area contributed by atoms with E-state index in [9.17, 15) is 8.78 Å². The molecule has 0 saturated heterocycles. The van der Waals surface area contributed by atoms with Crippen LogP contribution in [0.4, 0.5) is 8.78 Å². The minimum atomic E-state index is -2.42. The first-order chi connectivity index (χ1) is 6.07. The molecule has 0 amide bonds. The summed E-state index contributed by atoms with van der Waals surface area (Å²) in [6.07, 6.45) is -0.937. The summed E-state index contributed by atoms with van der Waals surface area (Å²) in [5.74, 6) is 0. The molecular formula is C8H7BrF2IN. The van der Waals surface area contributed by atoms with Gasteiger partial charge >= 0.3 is 0 Å². The third-order valence-electron chi connectivity index (χ3n) is 1.67. The maximum atomic E-state index is 12.6. The van der Waals surface area contributed by atoms with E-state index in [1.807, 2.05) is 22.6 Å². The molecule has 72 valence electrons. The van der Waals surface area contributed by atoms with Crippen molar-refractivity contribution in [3.63, 3.8) is 0 Å². The molecule has 0 fully saturated rings. The summed E-state index contributed by atoms with van der Waals surface area (Å²) < 4.78 is 25.7. The Morgan fingerprint density at radius 3 is 2.69 bits per heavy atom. The summed E-state index contributed by atoms with van der Waals surface area (Å²) in [5, 5.41) is 0.505. The molecule has 5 heteroatoms. The van der Waals surface area contributed by atoms with Crippen molar-refractivity contribution >= 4 is 38.5 Å². The van der Waals surface area contributed by atoms with Crippen LogP contribution in [0.1, 0.15) is 23.2 Å². The Bertz CT molecular complexity index is 317. The lowest BCUT2D eigenvalue weighted by Crippen LogP contribution is -2.00. The number of nitrogens with zero attached hydrogens (tertiary/aromatic N) is 1. The summed E-state index contributed by atoms with van der Waals surface area (Å²) in [7, 11) is 0. The zero-order valence-electron chi connectivity index (χ0n) is 6.82. The molecule has 1 rings (SSSR count). The minimum Gasteiger partial charge on any atom is -0.259 e. The maximum Gasteiger partial charge on any atom is 0.265 e. The summed E-state index contributed by atoms with van der Waals surface area (Å²) in [6, 6.07) is 0. The predicted octanol–water partition coefficient (Wildman–Crippen LogP) is 3.83. The lowest BCUT2D eigenvalue weighted by molar-refractivity contribution is 0.149. The van der Waals surface area contributed by atoms with Crippen molar-refractivity contribution in [2.24, 2.45) is 0 Å². The Hall–Kier alpha value is 0.220. The van der Waals surface area contributed by atoms with Crippen LogP contribution in [0, 0.1) is 10.5 Å². The average Bonchev–Trinajstić information content (AvgIpc) is 2.04. The van der Waals surface area contributed by atoms with E-state index in [4.69, 9.17) is 0 Å². The monoisotopic (exact) mass is 361 g/mol. The number of rotatable bonds is 2. The SMILES string of the molecule is Cc1cnc(CBr)c(I)c1C(F)F. The Labute approximate surface area is 97.2 Å². The second-order valence-corrected chi connectivity index (χ2v) is 4.19. The van der Waals surface area contributed by atoms with Crippen LogP contribution in [0.2, 0.25) is 0 Å². The number of alkyl halides is 3. The van der Waals surface area contributed by atoms with Crippen molar-refractivity contribution in [3.05, 3.63) is 26.6 Å². The number of hydrogen-bond donors (Lipinski definition) is 0. The highest BCUT2D eigenvalue weighted by molar-refractivity contribution is 14.1. The summed E-state index contributed by atoms with van der Waals surface area (Å²) in [5.41, 5.74) is 1.32. The number of aryl methyl sites for hydroxylation is 1. The van der Waals surface area contributed by atoms with Gasteiger partial charge in [0.1, 0.15) is 0 Å². The molecule has 0 unspecified atom stereocenters. The first kappa shape index (κ1) is 11.3. The van der Waals surface area contributed by atoms with Crippen LogP contribution in [0.15, 0.2) is 6.20 Å². The van der Waals surface area contributed by atoms with E-state index in [1.54, 1.807) is 6.92 Å². The lowest BCUT2D eigenvalue weighted by Gasteiger charge is -2.09. The maximum absolute atomic E-state index is 12.6. The smallest absolute Gasteiger partial charge is 0.259 e. The van der Waals surface area contributed by atoms with Gasteiger partial charge in [-0.05, 0) is 35.1 Å². The summed E-state index contributed by atoms with van der Waals surface area (Å²) in [4.78, 5) is 4.05. The van der Waals surface area contributed by atoms with E-state index in [-0.39, 0.29) is 5.56 Å². The number of aromatic nitrogens is 1. The van der Waals surface area contributed by atoms with E-state index < -0.39 is 6.43 Å². The fourth-order valence-electron chi connectivity index (χ4n) is 0.991. The number of pyridine rings is 1. The van der Waals surface area contributed by atoms with Gasteiger partial charge < -0.3 is 0 Å². The number of halogens is 4. The van der Waals surface area contributed by atoms with Gasteiger partial charge in [0, 0.05) is 20.7 Å². The first-order valence-corrected chi connectivity index (χ1v) is 5.76. The van der Waals surface area contributed by atoms with Crippen molar-refractivity contribution in [2.75, 3.05) is 0 Å². The quantitative estimate of drug-likeness (QED) is 0.576. The van der Waals surface area contributed by atoms with Gasteiger partial charge in [-0.3, -0.25) is 4.98 Å². The topological polar surface area (TPSA) is 12.9 Å². The van der Waals surface area contributed by atoms with Crippen LogP contribution >= 0.6 is 38.5 Å². The molecule has 0 spiro atoms. The fourth-order valence-corrected chi connectivity index (χ4v) is 2.93. The Morgan fingerprint density at radius 1 is 1.62 bits per heavy atom. The van der Waals surface area contributed by atoms with E-state index in [1.165, 1.54) is 6.20 Å². The predicted molar refractivity (Wildman–Crippen MR) is 59.3 cm³/mol. The molecule has 1 aromatic rings. The van der Waals surface area contributed by atoms with E-state index in [2.05, 4.69) is 20.9 Å². The third-order valence-corrected chi connectivity index (χ3v) is 3.41. The molecule has 0 radical (unpaired) electrons. The van der Waals surface area contributed by atoms with Crippen molar-refractivity contribution in [3.8, 4) is 0 Å². The summed E-state index contributed by atoms with van der Waals surface area (Å²) >= 11 is 5.11. The van der Waals surface area contributed by atoms with E-state index >= 15 is 0 Å². The molecule has 1 aromatic heterocycles. The molecular weight excluding hydrogens is 355 g/mol. The molecule has 1 heterocycles. The van der Waals surface area contributed by atoms with Gasteiger partial charge in [-0.1, -0.05) is 15.9 Å². The molecule has 0 aliphatic rings. The minimum absolute atomic E-state index is 0.102. The van der Waals surface area contributed by atoms with Crippen LogP contribution in [-0.4, -0.2) is 4.98 Å². The van der Waals surface area contributed by atoms with Gasteiger partial charge in [-0.15, -0.1) is 0 Å². The van der Waals surface area contributed by atoms with E-state index in [0.29, 0.717) is 20.2 Å². The molecule has 13 heavy (non-hydrogen) atoms. The van der Waals surface area contributed by atoms with Crippen molar-refractivity contribution in [1.29, 1.82) is 0 Å². The Morgan fingerprint density at radius 2 is 2.23 bits per heavy atom. The molecule has 1 nitrogen and oxygen atoms in total. The van der Waals surface area contributed by atoms with Gasteiger partial charge in [-0.25, -0.2) is 8.78 Å². The Kier molecular flexibility index (Phi) is 4.03. The van der Waals surface area contributed by atoms with Gasteiger partial charge in [-0.2, -0.15) is 0 Å². The third kappa shape index (κ3) is 2.37. The zero-order chi connectivity index (χ0) is 10.0. The molecule has 0 atom stereocenters. The largest absolute Gasteiger partial charge is 0.265 e. The van der Waals surface area contributed by atoms with Crippen LogP contribution in [0.5, 0.6) is 0 Å². The number of hydrogen-bond acceptors (Lipinski definition) is 1. The zero-order valence-corrected chi connectivity index (χ0v) is 10.6. The molecule has 0 bridgehead atoms. The van der Waals surface area contributed by atoms with Gasteiger partial charge in [0.25, 0.3) is 6.43 Å². The van der Waals surface area contributed by atoms with Crippen LogP contribution in [0.3, 0.4) is 0 Å². The molecule has 0 aromatic carbocycles. The van der Waals surface area contributed by atoms with Gasteiger partial charge in [0.15, 0.2) is 0 Å². The first-order valence-electron chi connectivity index (χ1n) is 3.56. The van der Waals surface area contributed by atoms with Crippen molar-refractivity contribution in [2.45, 2.75) is 18.7 Å². The van der Waals surface area contributed by atoms with Crippen LogP contribution in [0.25, 0.3) is 0 Å². The van der Waals surface area contributed by atoms with Gasteiger partial charge in [0.05, 0.1) is 5.69 Å². The van der Waals surface area contributed by atoms with Crippen molar-refractivity contribution in [1.82, 2.24) is 4.98 Å². The molecule has 0 aliphatic carbocycles. The molecule has 0 saturated carbocycles. The standard InChI is InChI=1S/C8H7BrF2IN/c1-4-3-13-5(2-9)7(12)6(4)8(10)11/h3,8H,2H2,1H3. The summed E-state index contributed by atoms with van der Waals surface area (Å²) in [6.45, 7) is 1.65. The second kappa shape index (κ2) is 4.63. The van der Waals surface area contributed by atoms with Crippen molar-refractivity contribution < 1.29 is 8.78 Å². The highest BCUT2D eigenvalue weighted by Gasteiger charge is 2.17. The normalized spacial score (nSPS) is 10.9. The average molecular weight is 362 g/mol. The van der Waals surface area contributed by atoms with Crippen LogP contribution < -0.4 is 0 Å². The lowest BCUT2D eigenvalue weighted by atomic mass is 10.1. The molecule has 0 aliphatic heterocycles. The highest BCUT2D eigenvalue weighted by atomic mass is 127. The van der Waals surface area contributed by atoms with Crippen LogP contribution in [-0.2, 0) is 5.33 Å².